The van der Waals surface area contributed by atoms with Gasteiger partial charge in [0.15, 0.2) is 0 Å². The molecule has 0 bridgehead atoms. The predicted octanol–water partition coefficient (Wildman–Crippen LogP) is 6.84. The summed E-state index contributed by atoms with van der Waals surface area (Å²) in [6.45, 7) is 8.27. The van der Waals surface area contributed by atoms with E-state index in [0.717, 1.165) is 11.1 Å². The Morgan fingerprint density at radius 2 is 1.04 bits per heavy atom. The Bertz CT molecular complexity index is 831. The third-order valence-electron chi connectivity index (χ3n) is 4.21. The van der Waals surface area contributed by atoms with Gasteiger partial charge in [-0.05, 0) is 73.2 Å². The van der Waals surface area contributed by atoms with Crippen molar-refractivity contribution in [3.05, 3.63) is 81.9 Å². The van der Waals surface area contributed by atoms with Crippen molar-refractivity contribution in [3.63, 3.8) is 0 Å². The van der Waals surface area contributed by atoms with Crippen LogP contribution in [0.1, 0.15) is 33.4 Å². The number of rotatable bonds is 5. The summed E-state index contributed by atoms with van der Waals surface area (Å²) in [5.41, 5.74) is 6.81. The molecule has 134 valence electrons. The molecule has 2 nitrogen and oxygen atoms in total. The fourth-order valence-electron chi connectivity index (χ4n) is 2.25. The van der Waals surface area contributed by atoms with Gasteiger partial charge in [0, 0.05) is 10.1 Å². The van der Waals surface area contributed by atoms with Gasteiger partial charge >= 0.3 is 0 Å². The summed E-state index contributed by atoms with van der Waals surface area (Å²) in [5.74, 6) is 0. The van der Waals surface area contributed by atoms with Gasteiger partial charge < -0.3 is 0 Å². The number of hydrogen-bond acceptors (Lipinski definition) is 2. The van der Waals surface area contributed by atoms with Gasteiger partial charge in [0.2, 0.25) is 0 Å². The molecule has 0 unspecified atom stereocenters. The molecular weight excluding hydrogens is 363 g/mol. The zero-order valence-electron chi connectivity index (χ0n) is 15.4. The van der Waals surface area contributed by atoms with E-state index in [2.05, 4.69) is 62.2 Å². The molecule has 0 saturated heterocycles. The Morgan fingerprint density at radius 3 is 1.38 bits per heavy atom. The minimum Gasteiger partial charge on any atom is -0.159 e. The van der Waals surface area contributed by atoms with E-state index in [1.54, 1.807) is 24.6 Å². The van der Waals surface area contributed by atoms with Crippen LogP contribution in [0.15, 0.2) is 58.8 Å². The van der Waals surface area contributed by atoms with Crippen LogP contribution in [0.2, 0.25) is 0 Å². The van der Waals surface area contributed by atoms with Gasteiger partial charge in [-0.25, -0.2) is 0 Å². The Kier molecular flexibility index (Phi) is 7.38. The second-order valence-corrected chi connectivity index (χ2v) is 6.97. The van der Waals surface area contributed by atoms with Gasteiger partial charge in [0.25, 0.3) is 0 Å². The molecule has 26 heavy (non-hydrogen) atoms. The van der Waals surface area contributed by atoms with Gasteiger partial charge in [0.05, 0.1) is 12.4 Å². The van der Waals surface area contributed by atoms with Crippen LogP contribution in [0.5, 0.6) is 0 Å². The topological polar surface area (TPSA) is 24.7 Å². The van der Waals surface area contributed by atoms with E-state index < -0.39 is 0 Å². The van der Waals surface area contributed by atoms with Crippen LogP contribution < -0.4 is 0 Å². The lowest BCUT2D eigenvalue weighted by molar-refractivity contribution is 1.27. The zero-order valence-corrected chi connectivity index (χ0v) is 16.9. The summed E-state index contributed by atoms with van der Waals surface area (Å²) in [4.78, 5) is 0. The summed E-state index contributed by atoms with van der Waals surface area (Å²) in [6.07, 6.45) is 6.56. The van der Waals surface area contributed by atoms with Crippen LogP contribution in [0.25, 0.3) is 10.1 Å². The molecule has 0 aliphatic heterocycles. The first-order chi connectivity index (χ1) is 12.4. The number of halogens is 2. The minimum absolute atomic E-state index is 0.621. The van der Waals surface area contributed by atoms with Crippen LogP contribution in [-0.2, 0) is 0 Å². The average molecular weight is 385 g/mol. The number of nitrogens with zero attached hydrogens (tertiary/aromatic N) is 2. The molecule has 0 radical (unpaired) electrons. The predicted molar refractivity (Wildman–Crippen MR) is 116 cm³/mol. The monoisotopic (exact) mass is 384 g/mol. The van der Waals surface area contributed by atoms with Gasteiger partial charge in [-0.2, -0.15) is 10.2 Å². The highest BCUT2D eigenvalue weighted by molar-refractivity contribution is 6.50. The minimum atomic E-state index is 0.621. The maximum atomic E-state index is 6.29. The smallest absolute Gasteiger partial charge is 0.0510 e. The molecule has 0 aromatic heterocycles. The molecule has 2 aromatic carbocycles. The Hall–Kier alpha value is -2.16. The number of aryl methyl sites for hydroxylation is 4. The van der Waals surface area contributed by atoms with Crippen molar-refractivity contribution in [1.82, 2.24) is 0 Å². The highest BCUT2D eigenvalue weighted by atomic mass is 35.5. The van der Waals surface area contributed by atoms with E-state index in [1.807, 2.05) is 12.1 Å². The maximum Gasteiger partial charge on any atom is 0.0510 e. The van der Waals surface area contributed by atoms with Crippen molar-refractivity contribution in [1.29, 1.82) is 0 Å². The first-order valence-corrected chi connectivity index (χ1v) is 9.07. The van der Waals surface area contributed by atoms with Gasteiger partial charge in [-0.15, -0.1) is 0 Å². The molecule has 0 spiro atoms. The van der Waals surface area contributed by atoms with E-state index >= 15 is 0 Å². The lowest BCUT2D eigenvalue weighted by atomic mass is 10.1. The molecule has 0 saturated carbocycles. The normalized spacial score (nSPS) is 13.2. The maximum absolute atomic E-state index is 6.29. The lowest BCUT2D eigenvalue weighted by Crippen LogP contribution is -1.84. The third-order valence-corrected chi connectivity index (χ3v) is 4.90. The molecule has 2 rings (SSSR count). The van der Waals surface area contributed by atoms with Crippen LogP contribution in [0, 0.1) is 27.7 Å². The summed E-state index contributed by atoms with van der Waals surface area (Å²) < 4.78 is 0. The molecular formula is C22H22Cl2N2. The molecule has 4 heteroatoms. The van der Waals surface area contributed by atoms with Crippen molar-refractivity contribution < 1.29 is 0 Å². The highest BCUT2D eigenvalue weighted by Gasteiger charge is 2.00. The summed E-state index contributed by atoms with van der Waals surface area (Å²) in [6, 6.07) is 12.2. The molecule has 0 atom stereocenters. The fraction of sp³-hybridized carbons (Fsp3) is 0.182. The highest BCUT2D eigenvalue weighted by Crippen LogP contribution is 2.22. The van der Waals surface area contributed by atoms with E-state index in [-0.39, 0.29) is 0 Å². The van der Waals surface area contributed by atoms with E-state index in [9.17, 15) is 0 Å². The first-order valence-electron chi connectivity index (χ1n) is 8.31. The zero-order chi connectivity index (χ0) is 19.1. The Labute approximate surface area is 165 Å². The number of benzene rings is 2. The van der Waals surface area contributed by atoms with Crippen molar-refractivity contribution in [2.75, 3.05) is 0 Å². The number of allylic oxidation sites excluding steroid dienone is 2. The van der Waals surface area contributed by atoms with Crippen molar-refractivity contribution in [2.45, 2.75) is 27.7 Å². The molecule has 0 amide bonds. The fourth-order valence-corrected chi connectivity index (χ4v) is 2.59. The third kappa shape index (κ3) is 5.69. The van der Waals surface area contributed by atoms with Gasteiger partial charge in [0.1, 0.15) is 0 Å². The Morgan fingerprint density at radius 1 is 0.654 bits per heavy atom. The van der Waals surface area contributed by atoms with Crippen LogP contribution in [0.4, 0.5) is 0 Å². The SMILES string of the molecule is Cc1ccc(C(Cl)=CC=NN=CC=C(Cl)c2ccc(C)c(C)c2)cc1C. The summed E-state index contributed by atoms with van der Waals surface area (Å²) >= 11 is 12.6. The second-order valence-electron chi connectivity index (χ2n) is 6.16. The molecule has 0 fully saturated rings. The molecule has 0 aliphatic carbocycles. The van der Waals surface area contributed by atoms with Gasteiger partial charge in [-0.1, -0.05) is 59.6 Å². The summed E-state index contributed by atoms with van der Waals surface area (Å²) in [5, 5.41) is 9.15. The Balaban J connectivity index is 2.00. The largest absolute Gasteiger partial charge is 0.159 e. The van der Waals surface area contributed by atoms with E-state index in [4.69, 9.17) is 23.2 Å². The van der Waals surface area contributed by atoms with Crippen molar-refractivity contribution in [3.8, 4) is 0 Å². The van der Waals surface area contributed by atoms with Crippen molar-refractivity contribution in [2.24, 2.45) is 10.2 Å². The first kappa shape index (κ1) is 20.2. The standard InChI is InChI=1S/C22H22Cl2N2/c1-15-5-7-19(13-17(15)3)21(23)9-11-25-26-12-10-22(24)20-8-6-16(2)18(4)14-20/h5-14H,1-4H3. The summed E-state index contributed by atoms with van der Waals surface area (Å²) in [7, 11) is 0. The lowest BCUT2D eigenvalue weighted by Gasteiger charge is -2.03. The van der Waals surface area contributed by atoms with Crippen LogP contribution in [0.3, 0.4) is 0 Å². The molecule has 0 heterocycles. The van der Waals surface area contributed by atoms with Crippen molar-refractivity contribution >= 4 is 45.7 Å². The van der Waals surface area contributed by atoms with E-state index in [0.29, 0.717) is 10.1 Å². The quantitative estimate of drug-likeness (QED) is 0.398. The molecule has 2 aromatic rings. The van der Waals surface area contributed by atoms with Crippen LogP contribution >= 0.6 is 23.2 Å². The molecule has 0 N–H and O–H groups in total. The van der Waals surface area contributed by atoms with E-state index in [1.165, 1.54) is 22.3 Å². The van der Waals surface area contributed by atoms with Crippen LogP contribution in [-0.4, -0.2) is 12.4 Å². The number of hydrogen-bond donors (Lipinski definition) is 0. The molecule has 0 aliphatic rings. The second kappa shape index (κ2) is 9.51. The average Bonchev–Trinajstić information content (AvgIpc) is 2.62. The van der Waals surface area contributed by atoms with Gasteiger partial charge in [-0.3, -0.25) is 0 Å².